The molecule has 0 spiro atoms. The van der Waals surface area contributed by atoms with Gasteiger partial charge < -0.3 is 4.74 Å². The molecule has 1 heterocycles. The number of nitrogens with zero attached hydrogens (tertiary/aromatic N) is 1. The van der Waals surface area contributed by atoms with Gasteiger partial charge in [-0.05, 0) is 12.1 Å². The average Bonchev–Trinajstić information content (AvgIpc) is 2.26. The van der Waals surface area contributed by atoms with Gasteiger partial charge in [0.2, 0.25) is 0 Å². The van der Waals surface area contributed by atoms with Gasteiger partial charge in [0.05, 0.1) is 5.02 Å². The molecule has 0 amide bonds. The van der Waals surface area contributed by atoms with E-state index in [1.807, 2.05) is 0 Å². The molecular formula is C11H4ClF6NO. The van der Waals surface area contributed by atoms with Gasteiger partial charge in [-0.2, -0.15) is 13.2 Å². The van der Waals surface area contributed by atoms with Crippen LogP contribution in [-0.2, 0) is 6.18 Å². The van der Waals surface area contributed by atoms with Crippen LogP contribution >= 0.6 is 11.6 Å². The van der Waals surface area contributed by atoms with Crippen molar-refractivity contribution < 1.29 is 31.1 Å². The molecule has 2 aromatic rings. The number of fused-ring (bicyclic) bond motifs is 1. The van der Waals surface area contributed by atoms with Crippen LogP contribution < -0.4 is 4.74 Å². The highest BCUT2D eigenvalue weighted by atomic mass is 35.5. The van der Waals surface area contributed by atoms with Gasteiger partial charge in [0, 0.05) is 5.39 Å². The third-order valence-electron chi connectivity index (χ3n) is 2.27. The predicted octanol–water partition coefficient (Wildman–Crippen LogP) is 4.81. The monoisotopic (exact) mass is 315 g/mol. The summed E-state index contributed by atoms with van der Waals surface area (Å²) in [5.41, 5.74) is -2.00. The smallest absolute Gasteiger partial charge is 0.403 e. The Balaban J connectivity index is 2.69. The molecule has 9 heteroatoms. The Morgan fingerprint density at radius 2 is 1.70 bits per heavy atom. The largest absolute Gasteiger partial charge is 0.573 e. The molecule has 1 aromatic carbocycles. The number of ether oxygens (including phenoxy) is 1. The Morgan fingerprint density at radius 3 is 2.25 bits per heavy atom. The fourth-order valence-electron chi connectivity index (χ4n) is 1.53. The van der Waals surface area contributed by atoms with Gasteiger partial charge in [-0.3, -0.25) is 0 Å². The molecule has 0 aliphatic rings. The van der Waals surface area contributed by atoms with E-state index in [2.05, 4.69) is 9.72 Å². The average molecular weight is 316 g/mol. The van der Waals surface area contributed by atoms with Crippen molar-refractivity contribution in [1.29, 1.82) is 0 Å². The molecular weight excluding hydrogens is 312 g/mol. The molecule has 0 saturated heterocycles. The number of aromatic nitrogens is 1. The highest BCUT2D eigenvalue weighted by Gasteiger charge is 2.35. The molecule has 0 radical (unpaired) electrons. The standard InChI is InChI=1S/C11H4ClF6NO/c12-6-4-8(10(13,14)15)19-9-5(6)2-1-3-7(9)20-11(16,17)18/h1-4H. The third kappa shape index (κ3) is 3.06. The van der Waals surface area contributed by atoms with Gasteiger partial charge in [-0.1, -0.05) is 23.7 Å². The summed E-state index contributed by atoms with van der Waals surface area (Å²) in [7, 11) is 0. The van der Waals surface area contributed by atoms with E-state index in [-0.39, 0.29) is 10.4 Å². The van der Waals surface area contributed by atoms with Crippen molar-refractivity contribution in [3.05, 3.63) is 35.0 Å². The fraction of sp³-hybridized carbons (Fsp3) is 0.182. The molecule has 0 aliphatic heterocycles. The maximum atomic E-state index is 12.6. The Kier molecular flexibility index (Phi) is 3.45. The summed E-state index contributed by atoms with van der Waals surface area (Å²) >= 11 is 5.63. The van der Waals surface area contributed by atoms with Gasteiger partial charge in [-0.15, -0.1) is 13.2 Å². The Labute approximate surface area is 112 Å². The van der Waals surface area contributed by atoms with Crippen molar-refractivity contribution in [1.82, 2.24) is 4.98 Å². The van der Waals surface area contributed by atoms with E-state index in [4.69, 9.17) is 11.6 Å². The van der Waals surface area contributed by atoms with Crippen LogP contribution in [0.4, 0.5) is 26.3 Å². The van der Waals surface area contributed by atoms with Crippen LogP contribution in [0.3, 0.4) is 0 Å². The summed E-state index contributed by atoms with van der Waals surface area (Å²) in [6.45, 7) is 0. The lowest BCUT2D eigenvalue weighted by molar-refractivity contribution is -0.274. The minimum Gasteiger partial charge on any atom is -0.403 e. The molecule has 0 fully saturated rings. The molecule has 0 bridgehead atoms. The summed E-state index contributed by atoms with van der Waals surface area (Å²) in [5, 5.41) is -0.434. The van der Waals surface area contributed by atoms with Gasteiger partial charge in [0.25, 0.3) is 0 Å². The van der Waals surface area contributed by atoms with E-state index in [0.717, 1.165) is 6.07 Å². The SMILES string of the molecule is FC(F)(F)Oc1cccc2c(Cl)cc(C(F)(F)F)nc12. The second-order valence-corrected chi connectivity index (χ2v) is 4.09. The molecule has 108 valence electrons. The maximum absolute atomic E-state index is 12.6. The second kappa shape index (κ2) is 4.69. The van der Waals surface area contributed by atoms with E-state index < -0.39 is 29.5 Å². The Morgan fingerprint density at radius 1 is 1.05 bits per heavy atom. The lowest BCUT2D eigenvalue weighted by Crippen LogP contribution is -2.17. The van der Waals surface area contributed by atoms with Gasteiger partial charge in [0.15, 0.2) is 5.75 Å². The zero-order valence-corrected chi connectivity index (χ0v) is 10.1. The number of alkyl halides is 6. The van der Waals surface area contributed by atoms with Crippen molar-refractivity contribution in [2.24, 2.45) is 0 Å². The van der Waals surface area contributed by atoms with Crippen LogP contribution in [0, 0.1) is 0 Å². The number of halogens is 7. The first-order valence-electron chi connectivity index (χ1n) is 5.00. The topological polar surface area (TPSA) is 22.1 Å². The number of pyridine rings is 1. The third-order valence-corrected chi connectivity index (χ3v) is 2.58. The van der Waals surface area contributed by atoms with Crippen LogP contribution in [-0.4, -0.2) is 11.3 Å². The van der Waals surface area contributed by atoms with Crippen molar-refractivity contribution in [3.63, 3.8) is 0 Å². The molecule has 0 aliphatic carbocycles. The molecule has 20 heavy (non-hydrogen) atoms. The molecule has 0 atom stereocenters. The highest BCUT2D eigenvalue weighted by Crippen LogP contribution is 2.37. The minimum absolute atomic E-state index is 0.0681. The lowest BCUT2D eigenvalue weighted by atomic mass is 10.2. The summed E-state index contributed by atoms with van der Waals surface area (Å²) in [6, 6.07) is 3.82. The number of para-hydroxylation sites is 1. The number of benzene rings is 1. The number of hydrogen-bond donors (Lipinski definition) is 0. The highest BCUT2D eigenvalue weighted by molar-refractivity contribution is 6.35. The van der Waals surface area contributed by atoms with Crippen LogP contribution in [0.25, 0.3) is 10.9 Å². The van der Waals surface area contributed by atoms with Gasteiger partial charge >= 0.3 is 12.5 Å². The number of hydrogen-bond acceptors (Lipinski definition) is 2. The first kappa shape index (κ1) is 14.7. The second-order valence-electron chi connectivity index (χ2n) is 3.69. The Bertz CT molecular complexity index is 652. The van der Waals surface area contributed by atoms with Crippen LogP contribution in [0.2, 0.25) is 5.02 Å². The quantitative estimate of drug-likeness (QED) is 0.705. The first-order chi connectivity index (χ1) is 9.08. The molecule has 0 N–H and O–H groups in total. The molecule has 0 saturated carbocycles. The first-order valence-corrected chi connectivity index (χ1v) is 5.38. The van der Waals surface area contributed by atoms with Gasteiger partial charge in [-0.25, -0.2) is 4.98 Å². The van der Waals surface area contributed by atoms with Crippen molar-refractivity contribution >= 4 is 22.5 Å². The normalized spacial score (nSPS) is 12.8. The van der Waals surface area contributed by atoms with E-state index >= 15 is 0 Å². The summed E-state index contributed by atoms with van der Waals surface area (Å²) in [4.78, 5) is 3.16. The molecule has 2 nitrogen and oxygen atoms in total. The molecule has 2 rings (SSSR count). The zero-order valence-electron chi connectivity index (χ0n) is 9.31. The van der Waals surface area contributed by atoms with E-state index in [0.29, 0.717) is 6.07 Å². The molecule has 0 unspecified atom stereocenters. The zero-order chi connectivity index (χ0) is 15.1. The van der Waals surface area contributed by atoms with Gasteiger partial charge in [0.1, 0.15) is 11.2 Å². The number of rotatable bonds is 1. The van der Waals surface area contributed by atoms with Crippen molar-refractivity contribution in [2.75, 3.05) is 0 Å². The van der Waals surface area contributed by atoms with E-state index in [1.54, 1.807) is 0 Å². The lowest BCUT2D eigenvalue weighted by Gasteiger charge is -2.13. The predicted molar refractivity (Wildman–Crippen MR) is 58.4 cm³/mol. The fourth-order valence-corrected chi connectivity index (χ4v) is 1.79. The maximum Gasteiger partial charge on any atom is 0.573 e. The summed E-state index contributed by atoms with van der Waals surface area (Å²) in [6.07, 6.45) is -9.88. The van der Waals surface area contributed by atoms with Crippen LogP contribution in [0.15, 0.2) is 24.3 Å². The van der Waals surface area contributed by atoms with Crippen LogP contribution in [0.5, 0.6) is 5.75 Å². The summed E-state index contributed by atoms with van der Waals surface area (Å²) in [5.74, 6) is -0.844. The van der Waals surface area contributed by atoms with Crippen LogP contribution in [0.1, 0.15) is 5.69 Å². The minimum atomic E-state index is -5.04. The van der Waals surface area contributed by atoms with Crippen molar-refractivity contribution in [3.8, 4) is 5.75 Å². The van der Waals surface area contributed by atoms with Crippen molar-refractivity contribution in [2.45, 2.75) is 12.5 Å². The molecule has 1 aromatic heterocycles. The van der Waals surface area contributed by atoms with E-state index in [9.17, 15) is 26.3 Å². The van der Waals surface area contributed by atoms with E-state index in [1.165, 1.54) is 12.1 Å². The Hall–Kier alpha value is -1.70. The summed E-state index contributed by atoms with van der Waals surface area (Å²) < 4.78 is 78.0.